The number of Topliss-reactive ketones (excluding diaryl/α,β-unsaturated/α-hetero) is 1. The zero-order chi connectivity index (χ0) is 14.2. The van der Waals surface area contributed by atoms with E-state index in [1.807, 2.05) is 7.05 Å². The van der Waals surface area contributed by atoms with Gasteiger partial charge in [0.1, 0.15) is 0 Å². The van der Waals surface area contributed by atoms with Gasteiger partial charge in [-0.15, -0.1) is 0 Å². The third-order valence-electron chi connectivity index (χ3n) is 3.42. The summed E-state index contributed by atoms with van der Waals surface area (Å²) in [6.07, 6.45) is 3.51. The van der Waals surface area contributed by atoms with E-state index >= 15 is 0 Å². The molecule has 1 aromatic rings. The molecule has 1 aromatic heterocycles. The lowest BCUT2D eigenvalue weighted by Crippen LogP contribution is -2.64. The largest absolute Gasteiger partial charge is 0.357 e. The van der Waals surface area contributed by atoms with Crippen molar-refractivity contribution in [2.24, 2.45) is 7.05 Å². The van der Waals surface area contributed by atoms with Crippen LogP contribution in [0.1, 0.15) is 24.2 Å². The highest BCUT2D eigenvalue weighted by Crippen LogP contribution is 2.18. The normalized spacial score (nSPS) is 19.3. The van der Waals surface area contributed by atoms with E-state index in [9.17, 15) is 14.4 Å². The van der Waals surface area contributed by atoms with Crippen molar-refractivity contribution in [2.75, 3.05) is 13.1 Å². The van der Waals surface area contributed by atoms with Crippen molar-refractivity contribution in [1.82, 2.24) is 14.8 Å². The van der Waals surface area contributed by atoms with Gasteiger partial charge in [0.25, 0.3) is 0 Å². The second-order valence-corrected chi connectivity index (χ2v) is 5.28. The van der Waals surface area contributed by atoms with E-state index in [1.54, 1.807) is 41.8 Å². The maximum absolute atomic E-state index is 12.1. The van der Waals surface area contributed by atoms with Crippen LogP contribution in [0.15, 0.2) is 18.5 Å². The number of aromatic nitrogens is 1. The maximum Gasteiger partial charge on any atom is 0.246 e. The summed E-state index contributed by atoms with van der Waals surface area (Å²) in [6, 6.07) is 1.72. The van der Waals surface area contributed by atoms with Crippen molar-refractivity contribution in [3.63, 3.8) is 0 Å². The first-order valence-electron chi connectivity index (χ1n) is 6.05. The van der Waals surface area contributed by atoms with Crippen molar-refractivity contribution in [2.45, 2.75) is 19.4 Å². The summed E-state index contributed by atoms with van der Waals surface area (Å²) >= 11 is 0. The summed E-state index contributed by atoms with van der Waals surface area (Å²) in [5, 5.41) is 2.28. The van der Waals surface area contributed by atoms with E-state index in [-0.39, 0.29) is 30.7 Å². The van der Waals surface area contributed by atoms with E-state index in [2.05, 4.69) is 5.32 Å². The molecule has 6 nitrogen and oxygen atoms in total. The molecule has 1 fully saturated rings. The summed E-state index contributed by atoms with van der Waals surface area (Å²) in [7, 11) is 1.83. The molecule has 0 spiro atoms. The van der Waals surface area contributed by atoms with Crippen LogP contribution in [0.5, 0.6) is 0 Å². The molecule has 1 aliphatic rings. The van der Waals surface area contributed by atoms with Crippen LogP contribution in [0.4, 0.5) is 0 Å². The molecular formula is C13H17N3O3. The Labute approximate surface area is 111 Å². The standard InChI is InChI=1S/C13H17N3O3/c1-13(2)12(19)14-11(18)8-16(13)7-10(17)9-4-5-15(3)6-9/h4-6H,7-8H2,1-3H3,(H,14,18,19). The number of nitrogens with zero attached hydrogens (tertiary/aromatic N) is 2. The number of hydrogen-bond acceptors (Lipinski definition) is 4. The van der Waals surface area contributed by atoms with Crippen LogP contribution in [0.3, 0.4) is 0 Å². The molecule has 102 valence electrons. The first kappa shape index (κ1) is 13.5. The molecule has 0 bridgehead atoms. The van der Waals surface area contributed by atoms with Gasteiger partial charge in [-0.3, -0.25) is 24.6 Å². The fourth-order valence-electron chi connectivity index (χ4n) is 2.02. The number of piperazine rings is 1. The van der Waals surface area contributed by atoms with Crippen LogP contribution >= 0.6 is 0 Å². The SMILES string of the molecule is Cn1ccc(C(=O)CN2CC(=O)NC(=O)C2(C)C)c1. The van der Waals surface area contributed by atoms with E-state index in [1.165, 1.54) is 0 Å². The summed E-state index contributed by atoms with van der Waals surface area (Å²) in [5.74, 6) is -0.842. The van der Waals surface area contributed by atoms with Gasteiger partial charge in [0.15, 0.2) is 5.78 Å². The highest BCUT2D eigenvalue weighted by Gasteiger charge is 2.41. The number of carbonyl (C=O) groups is 3. The monoisotopic (exact) mass is 263 g/mol. The summed E-state index contributed by atoms with van der Waals surface area (Å²) in [5.41, 5.74) is -0.282. The average molecular weight is 263 g/mol. The molecular weight excluding hydrogens is 246 g/mol. The smallest absolute Gasteiger partial charge is 0.246 e. The average Bonchev–Trinajstić information content (AvgIpc) is 2.73. The lowest BCUT2D eigenvalue weighted by atomic mass is 9.98. The van der Waals surface area contributed by atoms with Crippen LogP contribution < -0.4 is 5.32 Å². The molecule has 1 aliphatic heterocycles. The second kappa shape index (κ2) is 4.62. The summed E-state index contributed by atoms with van der Waals surface area (Å²) in [4.78, 5) is 36.9. The van der Waals surface area contributed by atoms with Gasteiger partial charge in [-0.05, 0) is 19.9 Å². The summed E-state index contributed by atoms with van der Waals surface area (Å²) in [6.45, 7) is 3.51. The quantitative estimate of drug-likeness (QED) is 0.613. The van der Waals surface area contributed by atoms with Crippen LogP contribution in [-0.2, 0) is 16.6 Å². The fraction of sp³-hybridized carbons (Fsp3) is 0.462. The van der Waals surface area contributed by atoms with Crippen LogP contribution in [-0.4, -0.2) is 45.7 Å². The molecule has 0 atom stereocenters. The Kier molecular flexibility index (Phi) is 3.28. The van der Waals surface area contributed by atoms with E-state index in [0.717, 1.165) is 0 Å². The van der Waals surface area contributed by atoms with Gasteiger partial charge in [0, 0.05) is 25.0 Å². The van der Waals surface area contributed by atoms with Gasteiger partial charge in [0.05, 0.1) is 18.6 Å². The lowest BCUT2D eigenvalue weighted by Gasteiger charge is -2.39. The fourth-order valence-corrected chi connectivity index (χ4v) is 2.02. The molecule has 0 saturated carbocycles. The predicted octanol–water partition coefficient (Wildman–Crippen LogP) is -0.0552. The Morgan fingerprint density at radius 1 is 1.42 bits per heavy atom. The number of imide groups is 1. The van der Waals surface area contributed by atoms with Gasteiger partial charge >= 0.3 is 0 Å². The van der Waals surface area contributed by atoms with Gasteiger partial charge in [-0.25, -0.2) is 0 Å². The number of amides is 2. The number of nitrogens with one attached hydrogen (secondary N) is 1. The Morgan fingerprint density at radius 3 is 2.68 bits per heavy atom. The second-order valence-electron chi connectivity index (χ2n) is 5.28. The zero-order valence-electron chi connectivity index (χ0n) is 11.3. The number of rotatable bonds is 3. The molecule has 1 saturated heterocycles. The lowest BCUT2D eigenvalue weighted by molar-refractivity contribution is -0.144. The van der Waals surface area contributed by atoms with Gasteiger partial charge in [0.2, 0.25) is 11.8 Å². The maximum atomic E-state index is 12.1. The van der Waals surface area contributed by atoms with Crippen LogP contribution in [0, 0.1) is 0 Å². The van der Waals surface area contributed by atoms with Crippen molar-refractivity contribution < 1.29 is 14.4 Å². The van der Waals surface area contributed by atoms with Gasteiger partial charge in [-0.1, -0.05) is 0 Å². The van der Waals surface area contributed by atoms with E-state index < -0.39 is 5.54 Å². The number of aryl methyl sites for hydroxylation is 1. The van der Waals surface area contributed by atoms with Gasteiger partial charge < -0.3 is 4.57 Å². The van der Waals surface area contributed by atoms with E-state index in [4.69, 9.17) is 0 Å². The van der Waals surface area contributed by atoms with Crippen molar-refractivity contribution >= 4 is 17.6 Å². The Balaban J connectivity index is 2.15. The molecule has 19 heavy (non-hydrogen) atoms. The van der Waals surface area contributed by atoms with E-state index in [0.29, 0.717) is 5.56 Å². The minimum Gasteiger partial charge on any atom is -0.357 e. The molecule has 2 rings (SSSR count). The molecule has 0 unspecified atom stereocenters. The van der Waals surface area contributed by atoms with Crippen molar-refractivity contribution in [3.05, 3.63) is 24.0 Å². The minimum absolute atomic E-state index is 0.0518. The number of hydrogen-bond donors (Lipinski definition) is 1. The minimum atomic E-state index is -0.863. The Hall–Kier alpha value is -1.95. The predicted molar refractivity (Wildman–Crippen MR) is 68.5 cm³/mol. The highest BCUT2D eigenvalue weighted by molar-refractivity contribution is 6.04. The van der Waals surface area contributed by atoms with Crippen molar-refractivity contribution in [3.8, 4) is 0 Å². The first-order valence-corrected chi connectivity index (χ1v) is 6.05. The third kappa shape index (κ3) is 2.58. The highest BCUT2D eigenvalue weighted by atomic mass is 16.2. The molecule has 1 N–H and O–H groups in total. The Bertz CT molecular complexity index is 545. The van der Waals surface area contributed by atoms with Crippen LogP contribution in [0.25, 0.3) is 0 Å². The molecule has 0 aliphatic carbocycles. The Morgan fingerprint density at radius 2 is 2.11 bits per heavy atom. The topological polar surface area (TPSA) is 71.4 Å². The molecule has 0 radical (unpaired) electrons. The molecule has 2 heterocycles. The number of ketones is 1. The molecule has 2 amide bonds. The summed E-state index contributed by atoms with van der Waals surface area (Å²) < 4.78 is 1.78. The zero-order valence-corrected chi connectivity index (χ0v) is 11.3. The first-order chi connectivity index (χ1) is 8.80. The van der Waals surface area contributed by atoms with Crippen molar-refractivity contribution in [1.29, 1.82) is 0 Å². The molecule has 0 aromatic carbocycles. The third-order valence-corrected chi connectivity index (χ3v) is 3.42. The molecule has 6 heteroatoms. The van der Waals surface area contributed by atoms with Gasteiger partial charge in [-0.2, -0.15) is 0 Å². The van der Waals surface area contributed by atoms with Crippen LogP contribution in [0.2, 0.25) is 0 Å². The number of carbonyl (C=O) groups excluding carboxylic acids is 3.